The van der Waals surface area contributed by atoms with Gasteiger partial charge in [-0.15, -0.1) is 0 Å². The summed E-state index contributed by atoms with van der Waals surface area (Å²) >= 11 is 0. The maximum absolute atomic E-state index is 13.1. The Morgan fingerprint density at radius 2 is 1.79 bits per heavy atom. The average Bonchev–Trinajstić information content (AvgIpc) is 3.04. The van der Waals surface area contributed by atoms with Crippen molar-refractivity contribution in [3.8, 4) is 5.75 Å². The smallest absolute Gasteiger partial charge is 0.416 e. The highest BCUT2D eigenvalue weighted by Gasteiger charge is 2.31. The number of nitrogens with zero attached hydrogens (tertiary/aromatic N) is 3. The summed E-state index contributed by atoms with van der Waals surface area (Å²) in [7, 11) is 0. The summed E-state index contributed by atoms with van der Waals surface area (Å²) in [4.78, 5) is 6.75. The number of ether oxygens (including phenoxy) is 1. The van der Waals surface area contributed by atoms with Gasteiger partial charge in [0, 0.05) is 13.1 Å². The molecule has 0 aliphatic carbocycles. The Kier molecular flexibility index (Phi) is 6.47. The van der Waals surface area contributed by atoms with Gasteiger partial charge < -0.3 is 14.2 Å². The first kappa shape index (κ1) is 21.2. The molecule has 156 valence electrons. The van der Waals surface area contributed by atoms with E-state index >= 15 is 0 Å². The van der Waals surface area contributed by atoms with E-state index < -0.39 is 11.7 Å². The standard InChI is InChI=1S/C22H26F3N3O/c1-4-27(5-2)12-13-28-19-11-10-17(22(23,24)25)14-18(19)26-21(28)15-29-20-9-7-6-8-16(20)3/h6-11,14H,4-5,12-13,15H2,1-3H3. The van der Waals surface area contributed by atoms with Crippen molar-refractivity contribution >= 4 is 11.0 Å². The van der Waals surface area contributed by atoms with E-state index in [0.29, 0.717) is 23.4 Å². The number of likely N-dealkylation sites (N-methyl/N-ethyl adjacent to an activating group) is 1. The normalized spacial score (nSPS) is 12.1. The minimum Gasteiger partial charge on any atom is -0.485 e. The van der Waals surface area contributed by atoms with Crippen molar-refractivity contribution < 1.29 is 17.9 Å². The zero-order chi connectivity index (χ0) is 21.0. The number of para-hydroxylation sites is 1. The summed E-state index contributed by atoms with van der Waals surface area (Å²) in [6.07, 6.45) is -4.39. The summed E-state index contributed by atoms with van der Waals surface area (Å²) in [6, 6.07) is 11.4. The molecular formula is C22H26F3N3O. The fourth-order valence-corrected chi connectivity index (χ4v) is 3.36. The Morgan fingerprint density at radius 1 is 1.07 bits per heavy atom. The summed E-state index contributed by atoms with van der Waals surface area (Å²) in [6.45, 7) is 9.58. The monoisotopic (exact) mass is 405 g/mol. The van der Waals surface area contributed by atoms with Crippen LogP contribution in [0.1, 0.15) is 30.8 Å². The molecule has 3 aromatic rings. The quantitative estimate of drug-likeness (QED) is 0.511. The Morgan fingerprint density at radius 3 is 2.45 bits per heavy atom. The molecule has 1 aromatic heterocycles. The van der Waals surface area contributed by atoms with Gasteiger partial charge >= 0.3 is 6.18 Å². The number of hydrogen-bond donors (Lipinski definition) is 0. The molecule has 0 aliphatic rings. The van der Waals surface area contributed by atoms with Crippen molar-refractivity contribution in [3.05, 3.63) is 59.4 Å². The molecular weight excluding hydrogens is 379 g/mol. The van der Waals surface area contributed by atoms with Crippen LogP contribution in [-0.2, 0) is 19.3 Å². The van der Waals surface area contributed by atoms with E-state index in [-0.39, 0.29) is 6.61 Å². The van der Waals surface area contributed by atoms with E-state index in [4.69, 9.17) is 4.74 Å². The molecule has 0 N–H and O–H groups in total. The van der Waals surface area contributed by atoms with Crippen molar-refractivity contribution in [2.75, 3.05) is 19.6 Å². The Balaban J connectivity index is 1.94. The lowest BCUT2D eigenvalue weighted by Crippen LogP contribution is -2.27. The Hall–Kier alpha value is -2.54. The van der Waals surface area contributed by atoms with E-state index in [1.165, 1.54) is 6.07 Å². The maximum atomic E-state index is 13.1. The summed E-state index contributed by atoms with van der Waals surface area (Å²) in [5, 5.41) is 0. The van der Waals surface area contributed by atoms with Gasteiger partial charge in [0.15, 0.2) is 0 Å². The van der Waals surface area contributed by atoms with Gasteiger partial charge in [0.25, 0.3) is 0 Å². The first-order chi connectivity index (χ1) is 13.8. The van der Waals surface area contributed by atoms with Crippen LogP contribution in [0.15, 0.2) is 42.5 Å². The average molecular weight is 405 g/mol. The minimum atomic E-state index is -4.39. The molecule has 0 saturated carbocycles. The van der Waals surface area contributed by atoms with Crippen molar-refractivity contribution in [2.45, 2.75) is 40.1 Å². The molecule has 2 aromatic carbocycles. The predicted molar refractivity (Wildman–Crippen MR) is 108 cm³/mol. The van der Waals surface area contributed by atoms with E-state index in [0.717, 1.165) is 43.1 Å². The zero-order valence-corrected chi connectivity index (χ0v) is 17.0. The van der Waals surface area contributed by atoms with Crippen LogP contribution in [0.3, 0.4) is 0 Å². The van der Waals surface area contributed by atoms with Crippen molar-refractivity contribution in [2.24, 2.45) is 0 Å². The lowest BCUT2D eigenvalue weighted by atomic mass is 10.2. The molecule has 0 atom stereocenters. The van der Waals surface area contributed by atoms with Crippen LogP contribution in [0.25, 0.3) is 11.0 Å². The van der Waals surface area contributed by atoms with Crippen LogP contribution >= 0.6 is 0 Å². The van der Waals surface area contributed by atoms with Crippen LogP contribution in [0.5, 0.6) is 5.75 Å². The van der Waals surface area contributed by atoms with Crippen LogP contribution < -0.4 is 4.74 Å². The van der Waals surface area contributed by atoms with E-state index in [2.05, 4.69) is 23.7 Å². The van der Waals surface area contributed by atoms with E-state index in [1.54, 1.807) is 0 Å². The van der Waals surface area contributed by atoms with E-state index in [9.17, 15) is 13.2 Å². The molecule has 1 heterocycles. The lowest BCUT2D eigenvalue weighted by Gasteiger charge is -2.19. The fourth-order valence-electron chi connectivity index (χ4n) is 3.36. The molecule has 0 bridgehead atoms. The zero-order valence-electron chi connectivity index (χ0n) is 17.0. The third-order valence-corrected chi connectivity index (χ3v) is 5.14. The summed E-state index contributed by atoms with van der Waals surface area (Å²) < 4.78 is 47.2. The second-order valence-corrected chi connectivity index (χ2v) is 6.96. The topological polar surface area (TPSA) is 30.3 Å². The molecule has 0 unspecified atom stereocenters. The molecule has 3 rings (SSSR count). The SMILES string of the molecule is CCN(CC)CCn1c(COc2ccccc2C)nc2cc(C(F)(F)F)ccc21. The molecule has 0 amide bonds. The largest absolute Gasteiger partial charge is 0.485 e. The van der Waals surface area contributed by atoms with Crippen molar-refractivity contribution in [1.82, 2.24) is 14.5 Å². The van der Waals surface area contributed by atoms with Gasteiger partial charge in [0.2, 0.25) is 0 Å². The van der Waals surface area contributed by atoms with Gasteiger partial charge in [-0.25, -0.2) is 4.98 Å². The Bertz CT molecular complexity index is 962. The van der Waals surface area contributed by atoms with Crippen LogP contribution in [0.4, 0.5) is 13.2 Å². The van der Waals surface area contributed by atoms with Gasteiger partial charge in [-0.05, 0) is 49.8 Å². The van der Waals surface area contributed by atoms with Crippen molar-refractivity contribution in [3.63, 3.8) is 0 Å². The lowest BCUT2D eigenvalue weighted by molar-refractivity contribution is -0.137. The van der Waals surface area contributed by atoms with Crippen molar-refractivity contribution in [1.29, 1.82) is 0 Å². The third kappa shape index (κ3) is 4.90. The minimum absolute atomic E-state index is 0.194. The van der Waals surface area contributed by atoms with Gasteiger partial charge in [-0.3, -0.25) is 0 Å². The highest BCUT2D eigenvalue weighted by Crippen LogP contribution is 2.31. The summed E-state index contributed by atoms with van der Waals surface area (Å²) in [5.41, 5.74) is 1.33. The molecule has 7 heteroatoms. The second kappa shape index (κ2) is 8.86. The van der Waals surface area contributed by atoms with Crippen LogP contribution in [0, 0.1) is 6.92 Å². The molecule has 29 heavy (non-hydrogen) atoms. The highest BCUT2D eigenvalue weighted by molar-refractivity contribution is 5.77. The number of rotatable bonds is 8. The fraction of sp³-hybridized carbons (Fsp3) is 0.409. The van der Waals surface area contributed by atoms with Crippen LogP contribution in [0.2, 0.25) is 0 Å². The highest BCUT2D eigenvalue weighted by atomic mass is 19.4. The molecule has 4 nitrogen and oxygen atoms in total. The molecule has 0 radical (unpaired) electrons. The second-order valence-electron chi connectivity index (χ2n) is 6.96. The third-order valence-electron chi connectivity index (χ3n) is 5.14. The molecule has 0 spiro atoms. The number of aromatic nitrogens is 2. The van der Waals surface area contributed by atoms with Gasteiger partial charge in [0.05, 0.1) is 16.6 Å². The number of hydrogen-bond acceptors (Lipinski definition) is 3. The summed E-state index contributed by atoms with van der Waals surface area (Å²) in [5.74, 6) is 1.36. The number of imidazole rings is 1. The van der Waals surface area contributed by atoms with Gasteiger partial charge in [0.1, 0.15) is 18.2 Å². The van der Waals surface area contributed by atoms with E-state index in [1.807, 2.05) is 35.8 Å². The predicted octanol–water partition coefficient (Wildman–Crippen LogP) is 5.28. The first-order valence-corrected chi connectivity index (χ1v) is 9.80. The molecule has 0 saturated heterocycles. The number of alkyl halides is 3. The van der Waals surface area contributed by atoms with Crippen LogP contribution in [-0.4, -0.2) is 34.1 Å². The first-order valence-electron chi connectivity index (χ1n) is 9.80. The number of benzene rings is 2. The van der Waals surface area contributed by atoms with Gasteiger partial charge in [-0.2, -0.15) is 13.2 Å². The Labute approximate surface area is 168 Å². The number of aryl methyl sites for hydroxylation is 1. The maximum Gasteiger partial charge on any atom is 0.416 e. The van der Waals surface area contributed by atoms with Gasteiger partial charge in [-0.1, -0.05) is 32.0 Å². The number of fused-ring (bicyclic) bond motifs is 1. The number of halogens is 3. The molecule has 0 fully saturated rings. The molecule has 0 aliphatic heterocycles.